The SMILES string of the molecule is COC(=O)c1cc(NCc2cscn2)cc(C)c1N. The molecule has 0 saturated heterocycles. The lowest BCUT2D eigenvalue weighted by Gasteiger charge is -2.11. The molecule has 0 unspecified atom stereocenters. The van der Waals surface area contributed by atoms with Gasteiger partial charge < -0.3 is 15.8 Å². The Balaban J connectivity index is 2.21. The fraction of sp³-hybridized carbons (Fsp3) is 0.231. The van der Waals surface area contributed by atoms with Crippen molar-refractivity contribution < 1.29 is 9.53 Å². The number of hydrogen-bond acceptors (Lipinski definition) is 6. The van der Waals surface area contributed by atoms with Gasteiger partial charge in [-0.05, 0) is 24.6 Å². The predicted octanol–water partition coefficient (Wildman–Crippen LogP) is 2.43. The highest BCUT2D eigenvalue weighted by atomic mass is 32.1. The first-order valence-corrected chi connectivity index (χ1v) is 6.65. The van der Waals surface area contributed by atoms with E-state index >= 15 is 0 Å². The third-order valence-electron chi connectivity index (χ3n) is 2.75. The monoisotopic (exact) mass is 277 g/mol. The Labute approximate surface area is 115 Å². The van der Waals surface area contributed by atoms with E-state index in [2.05, 4.69) is 10.3 Å². The first-order chi connectivity index (χ1) is 9.11. The van der Waals surface area contributed by atoms with Gasteiger partial charge in [0.2, 0.25) is 0 Å². The second kappa shape index (κ2) is 5.71. The molecule has 5 nitrogen and oxygen atoms in total. The molecule has 19 heavy (non-hydrogen) atoms. The van der Waals surface area contributed by atoms with E-state index in [1.165, 1.54) is 7.11 Å². The van der Waals surface area contributed by atoms with Crippen LogP contribution in [0, 0.1) is 6.92 Å². The maximum Gasteiger partial charge on any atom is 0.340 e. The van der Waals surface area contributed by atoms with Crippen LogP contribution in [0.15, 0.2) is 23.0 Å². The summed E-state index contributed by atoms with van der Waals surface area (Å²) in [5.74, 6) is -0.432. The van der Waals surface area contributed by atoms with Gasteiger partial charge in [0.1, 0.15) is 0 Å². The molecule has 3 N–H and O–H groups in total. The summed E-state index contributed by atoms with van der Waals surface area (Å²) in [6.45, 7) is 2.46. The van der Waals surface area contributed by atoms with Gasteiger partial charge in [0.05, 0.1) is 30.4 Å². The van der Waals surface area contributed by atoms with Crippen molar-refractivity contribution in [3.05, 3.63) is 39.8 Å². The van der Waals surface area contributed by atoms with Crippen molar-refractivity contribution in [1.82, 2.24) is 4.98 Å². The number of esters is 1. The van der Waals surface area contributed by atoms with Crippen LogP contribution in [0.1, 0.15) is 21.6 Å². The zero-order valence-corrected chi connectivity index (χ0v) is 11.6. The molecule has 0 fully saturated rings. The molecule has 0 saturated carbocycles. The minimum absolute atomic E-state index is 0.378. The molecule has 0 atom stereocenters. The predicted molar refractivity (Wildman–Crippen MR) is 76.4 cm³/mol. The summed E-state index contributed by atoms with van der Waals surface area (Å²) in [5, 5.41) is 5.19. The number of carbonyl (C=O) groups is 1. The summed E-state index contributed by atoms with van der Waals surface area (Å²) in [6.07, 6.45) is 0. The van der Waals surface area contributed by atoms with E-state index in [0.29, 0.717) is 17.8 Å². The molecule has 2 aromatic rings. The lowest BCUT2D eigenvalue weighted by Crippen LogP contribution is -2.09. The van der Waals surface area contributed by atoms with Crippen LogP contribution < -0.4 is 11.1 Å². The number of nitrogens with one attached hydrogen (secondary N) is 1. The molecule has 100 valence electrons. The van der Waals surface area contributed by atoms with Crippen LogP contribution in [0.2, 0.25) is 0 Å². The lowest BCUT2D eigenvalue weighted by atomic mass is 10.1. The number of anilines is 2. The van der Waals surface area contributed by atoms with Gasteiger partial charge in [-0.2, -0.15) is 0 Å². The van der Waals surface area contributed by atoms with E-state index in [4.69, 9.17) is 10.5 Å². The van der Waals surface area contributed by atoms with Crippen LogP contribution in [0.25, 0.3) is 0 Å². The van der Waals surface area contributed by atoms with Crippen LogP contribution in [-0.4, -0.2) is 18.1 Å². The standard InChI is InChI=1S/C13H15N3O2S/c1-8-3-9(15-5-10-6-19-7-16-10)4-11(12(8)14)13(17)18-2/h3-4,6-7,15H,5,14H2,1-2H3. The highest BCUT2D eigenvalue weighted by molar-refractivity contribution is 7.07. The number of nitrogen functional groups attached to an aromatic ring is 1. The zero-order valence-electron chi connectivity index (χ0n) is 10.8. The average Bonchev–Trinajstić information content (AvgIpc) is 2.92. The van der Waals surface area contributed by atoms with E-state index in [9.17, 15) is 4.79 Å². The number of ether oxygens (including phenoxy) is 1. The Morgan fingerprint density at radius 2 is 2.32 bits per heavy atom. The number of thiazole rings is 1. The fourth-order valence-electron chi connectivity index (χ4n) is 1.70. The van der Waals surface area contributed by atoms with E-state index in [-0.39, 0.29) is 0 Å². The highest BCUT2D eigenvalue weighted by Crippen LogP contribution is 2.24. The van der Waals surface area contributed by atoms with Crippen LogP contribution in [0.3, 0.4) is 0 Å². The van der Waals surface area contributed by atoms with Crippen LogP contribution in [0.5, 0.6) is 0 Å². The second-order valence-corrected chi connectivity index (χ2v) is 4.80. The zero-order chi connectivity index (χ0) is 13.8. The van der Waals surface area contributed by atoms with E-state index in [1.807, 2.05) is 18.4 Å². The smallest absolute Gasteiger partial charge is 0.340 e. The number of nitrogens with two attached hydrogens (primary N) is 1. The number of aromatic nitrogens is 1. The van der Waals surface area contributed by atoms with Crippen LogP contribution in [-0.2, 0) is 11.3 Å². The Kier molecular flexibility index (Phi) is 4.01. The Bertz CT molecular complexity index is 582. The Morgan fingerprint density at radius 1 is 1.53 bits per heavy atom. The number of nitrogens with zero attached hydrogens (tertiary/aromatic N) is 1. The van der Waals surface area contributed by atoms with E-state index in [0.717, 1.165) is 16.9 Å². The van der Waals surface area contributed by atoms with Crippen molar-refractivity contribution in [2.75, 3.05) is 18.2 Å². The molecule has 0 amide bonds. The molecule has 0 aliphatic rings. The number of aryl methyl sites for hydroxylation is 1. The summed E-state index contributed by atoms with van der Waals surface area (Å²) in [5.41, 5.74) is 11.1. The number of carbonyl (C=O) groups excluding carboxylic acids is 1. The molecule has 1 aromatic carbocycles. The molecule has 6 heteroatoms. The minimum Gasteiger partial charge on any atom is -0.465 e. The van der Waals surface area contributed by atoms with Gasteiger partial charge in [-0.15, -0.1) is 11.3 Å². The third-order valence-corrected chi connectivity index (χ3v) is 3.38. The van der Waals surface area contributed by atoms with Crippen molar-refractivity contribution in [3.8, 4) is 0 Å². The maximum atomic E-state index is 11.6. The fourth-order valence-corrected chi connectivity index (χ4v) is 2.26. The number of methoxy groups -OCH3 is 1. The molecule has 0 bridgehead atoms. The summed E-state index contributed by atoms with van der Waals surface area (Å²) in [6, 6.07) is 3.59. The third kappa shape index (κ3) is 3.03. The van der Waals surface area contributed by atoms with Gasteiger partial charge in [0.25, 0.3) is 0 Å². The summed E-state index contributed by atoms with van der Waals surface area (Å²) in [7, 11) is 1.34. The molecule has 0 aliphatic heterocycles. The van der Waals surface area contributed by atoms with Gasteiger partial charge in [0, 0.05) is 16.8 Å². The molecule has 2 rings (SSSR count). The molecule has 1 heterocycles. The minimum atomic E-state index is -0.432. The van der Waals surface area contributed by atoms with Gasteiger partial charge >= 0.3 is 5.97 Å². The first kappa shape index (κ1) is 13.4. The van der Waals surface area contributed by atoms with Gasteiger partial charge in [-0.25, -0.2) is 9.78 Å². The summed E-state index contributed by atoms with van der Waals surface area (Å²) in [4.78, 5) is 15.8. The summed E-state index contributed by atoms with van der Waals surface area (Å²) >= 11 is 1.55. The number of benzene rings is 1. The molecular weight excluding hydrogens is 262 g/mol. The average molecular weight is 277 g/mol. The van der Waals surface area contributed by atoms with Crippen molar-refractivity contribution in [1.29, 1.82) is 0 Å². The van der Waals surface area contributed by atoms with Crippen molar-refractivity contribution in [2.45, 2.75) is 13.5 Å². The van der Waals surface area contributed by atoms with Crippen molar-refractivity contribution in [3.63, 3.8) is 0 Å². The Morgan fingerprint density at radius 3 is 2.95 bits per heavy atom. The Hall–Kier alpha value is -2.08. The molecule has 0 radical (unpaired) electrons. The quantitative estimate of drug-likeness (QED) is 0.663. The normalized spacial score (nSPS) is 10.2. The van der Waals surface area contributed by atoms with E-state index in [1.54, 1.807) is 22.9 Å². The van der Waals surface area contributed by atoms with Crippen LogP contribution in [0.4, 0.5) is 11.4 Å². The van der Waals surface area contributed by atoms with Gasteiger partial charge in [-0.3, -0.25) is 0 Å². The van der Waals surface area contributed by atoms with E-state index < -0.39 is 5.97 Å². The summed E-state index contributed by atoms with van der Waals surface area (Å²) < 4.78 is 4.72. The highest BCUT2D eigenvalue weighted by Gasteiger charge is 2.13. The number of rotatable bonds is 4. The molecule has 0 spiro atoms. The topological polar surface area (TPSA) is 77.2 Å². The second-order valence-electron chi connectivity index (χ2n) is 4.08. The number of hydrogen-bond donors (Lipinski definition) is 2. The molecule has 0 aliphatic carbocycles. The lowest BCUT2D eigenvalue weighted by molar-refractivity contribution is 0.0602. The molecular formula is C13H15N3O2S. The van der Waals surface area contributed by atoms with Gasteiger partial charge in [-0.1, -0.05) is 0 Å². The molecule has 1 aromatic heterocycles. The van der Waals surface area contributed by atoms with Crippen molar-refractivity contribution >= 4 is 28.7 Å². The van der Waals surface area contributed by atoms with Crippen LogP contribution >= 0.6 is 11.3 Å². The largest absolute Gasteiger partial charge is 0.465 e. The maximum absolute atomic E-state index is 11.6. The van der Waals surface area contributed by atoms with Gasteiger partial charge in [0.15, 0.2) is 0 Å². The first-order valence-electron chi connectivity index (χ1n) is 5.71. The van der Waals surface area contributed by atoms with Crippen molar-refractivity contribution in [2.24, 2.45) is 0 Å².